The Kier molecular flexibility index (Phi) is 8.97. The lowest BCUT2D eigenvalue weighted by molar-refractivity contribution is -0.131. The minimum absolute atomic E-state index is 0.131. The maximum absolute atomic E-state index is 15.2. The third-order valence-corrected chi connectivity index (χ3v) is 15.0. The Morgan fingerprint density at radius 2 is 1.62 bits per heavy atom. The van der Waals surface area contributed by atoms with E-state index in [0.29, 0.717) is 38.9 Å². The number of hydrogen-bond acceptors (Lipinski definition) is 9. The monoisotopic (exact) mass is 850 g/mol. The minimum atomic E-state index is -1.34. The van der Waals surface area contributed by atoms with E-state index in [1.165, 1.54) is 16.9 Å². The summed E-state index contributed by atoms with van der Waals surface area (Å²) >= 11 is 7.89. The summed E-state index contributed by atoms with van der Waals surface area (Å²) in [5, 5.41) is 17.5. The average molecular weight is 851 g/mol. The summed E-state index contributed by atoms with van der Waals surface area (Å²) in [6.07, 6.45) is 2.37. The van der Waals surface area contributed by atoms with Crippen molar-refractivity contribution in [2.75, 3.05) is 16.9 Å². The van der Waals surface area contributed by atoms with Crippen LogP contribution in [0.25, 0.3) is 20.7 Å². The Bertz CT molecular complexity index is 2920. The number of phenols is 1. The second-order valence-corrected chi connectivity index (χ2v) is 18.0. The molecule has 4 heterocycles. The lowest BCUT2D eigenvalue weighted by Gasteiger charge is -2.49. The summed E-state index contributed by atoms with van der Waals surface area (Å²) in [6, 6.07) is 27.8. The highest BCUT2D eigenvalue weighted by atomic mass is 35.5. The molecule has 2 aromatic heterocycles. The largest absolute Gasteiger partial charge is 0.504 e. The summed E-state index contributed by atoms with van der Waals surface area (Å²) in [4.78, 5) is 75.7. The number of halogens is 1. The van der Waals surface area contributed by atoms with Gasteiger partial charge in [0, 0.05) is 39.9 Å². The molecule has 3 fully saturated rings. The van der Waals surface area contributed by atoms with Crippen molar-refractivity contribution in [2.24, 2.45) is 36.1 Å². The number of ether oxygens (including phenoxy) is 1. The topological polar surface area (TPSA) is 139 Å². The molecule has 4 amide bonds. The molecule has 306 valence electrons. The van der Waals surface area contributed by atoms with Gasteiger partial charge in [-0.1, -0.05) is 59.6 Å². The van der Waals surface area contributed by atoms with Gasteiger partial charge in [-0.15, -0.1) is 11.3 Å². The van der Waals surface area contributed by atoms with Gasteiger partial charge < -0.3 is 9.84 Å². The second kappa shape index (κ2) is 14.1. The fourth-order valence-electron chi connectivity index (χ4n) is 10.5. The van der Waals surface area contributed by atoms with Gasteiger partial charge in [0.2, 0.25) is 23.6 Å². The molecular weight excluding hydrogens is 812 g/mol. The van der Waals surface area contributed by atoms with Gasteiger partial charge in [0.1, 0.15) is 11.5 Å². The molecule has 0 bridgehead atoms. The van der Waals surface area contributed by atoms with Gasteiger partial charge in [0.25, 0.3) is 0 Å². The van der Waals surface area contributed by atoms with Crippen LogP contribution in [0, 0.1) is 36.0 Å². The van der Waals surface area contributed by atoms with Gasteiger partial charge in [0.15, 0.2) is 17.3 Å². The molecule has 4 aliphatic rings. The number of benzene rings is 4. The highest BCUT2D eigenvalue weighted by molar-refractivity contribution is 7.22. The van der Waals surface area contributed by atoms with E-state index in [4.69, 9.17) is 21.4 Å². The van der Waals surface area contributed by atoms with Crippen molar-refractivity contribution < 1.29 is 33.8 Å². The Labute approximate surface area is 359 Å². The zero-order chi connectivity index (χ0) is 42.6. The molecule has 2 aliphatic carbocycles. The number of allylic oxidation sites excluding steroid dienone is 2. The lowest BCUT2D eigenvalue weighted by atomic mass is 9.51. The zero-order valence-corrected chi connectivity index (χ0v) is 35.2. The minimum Gasteiger partial charge on any atom is -0.504 e. The number of aromatic hydroxyl groups is 1. The molecule has 11 nitrogen and oxygen atoms in total. The van der Waals surface area contributed by atoms with Crippen molar-refractivity contribution in [1.29, 1.82) is 0 Å². The number of anilines is 2. The van der Waals surface area contributed by atoms with Crippen molar-refractivity contribution >= 4 is 73.9 Å². The van der Waals surface area contributed by atoms with Crippen LogP contribution < -0.4 is 14.5 Å². The fraction of sp³-hybridized carbons (Fsp3) is 0.250. The molecule has 6 atom stereocenters. The Morgan fingerprint density at radius 3 is 2.34 bits per heavy atom. The molecule has 2 saturated heterocycles. The second-order valence-electron chi connectivity index (χ2n) is 16.6. The summed E-state index contributed by atoms with van der Waals surface area (Å²) in [6.45, 7) is 3.80. The summed E-state index contributed by atoms with van der Waals surface area (Å²) in [7, 11) is 3.15. The molecule has 1 saturated carbocycles. The molecular formula is C48H39ClN4O7S. The number of amides is 4. The van der Waals surface area contributed by atoms with E-state index in [9.17, 15) is 19.5 Å². The van der Waals surface area contributed by atoms with Crippen LogP contribution >= 0.6 is 22.9 Å². The summed E-state index contributed by atoms with van der Waals surface area (Å²) in [5.41, 5.74) is 2.92. The van der Waals surface area contributed by atoms with Crippen molar-refractivity contribution in [2.45, 2.75) is 32.6 Å². The van der Waals surface area contributed by atoms with Crippen LogP contribution in [-0.2, 0) is 26.2 Å². The fourth-order valence-corrected chi connectivity index (χ4v) is 11.8. The molecule has 4 aromatic carbocycles. The summed E-state index contributed by atoms with van der Waals surface area (Å²) in [5.74, 6) is -5.02. The van der Waals surface area contributed by atoms with E-state index in [-0.39, 0.29) is 36.0 Å². The van der Waals surface area contributed by atoms with Crippen LogP contribution in [0.15, 0.2) is 109 Å². The van der Waals surface area contributed by atoms with Gasteiger partial charge in [-0.25, -0.2) is 4.90 Å². The number of ketones is 1. The Balaban J connectivity index is 1.03. The first kappa shape index (κ1) is 38.8. The van der Waals surface area contributed by atoms with Crippen molar-refractivity contribution in [3.05, 3.63) is 136 Å². The normalized spacial score (nSPS) is 24.5. The number of imide groups is 2. The highest BCUT2D eigenvalue weighted by Gasteiger charge is 2.68. The molecule has 6 aromatic rings. The van der Waals surface area contributed by atoms with Gasteiger partial charge in [-0.05, 0) is 104 Å². The number of aryl methyl sites for hydroxylation is 2. The van der Waals surface area contributed by atoms with Crippen LogP contribution in [0.3, 0.4) is 0 Å². The maximum Gasteiger partial charge on any atom is 0.242 e. The first-order valence-corrected chi connectivity index (χ1v) is 21.3. The zero-order valence-electron chi connectivity index (χ0n) is 33.6. The molecule has 10 rings (SSSR count). The van der Waals surface area contributed by atoms with Gasteiger partial charge >= 0.3 is 0 Å². The van der Waals surface area contributed by atoms with Crippen molar-refractivity contribution in [3.8, 4) is 22.1 Å². The average Bonchev–Trinajstić information content (AvgIpc) is 3.93. The lowest BCUT2D eigenvalue weighted by Crippen LogP contribution is -2.48. The van der Waals surface area contributed by atoms with Crippen LogP contribution in [-0.4, -0.2) is 51.4 Å². The molecule has 61 heavy (non-hydrogen) atoms. The van der Waals surface area contributed by atoms with Gasteiger partial charge in [-0.2, -0.15) is 5.10 Å². The highest BCUT2D eigenvalue weighted by Crippen LogP contribution is 2.64. The van der Waals surface area contributed by atoms with Gasteiger partial charge in [0.05, 0.1) is 40.8 Å². The number of fused-ring (bicyclic) bond motifs is 5. The number of methoxy groups -OCH3 is 1. The van der Waals surface area contributed by atoms with Crippen LogP contribution in [0.4, 0.5) is 11.5 Å². The molecule has 6 unspecified atom stereocenters. The molecule has 0 radical (unpaired) electrons. The Hall–Kier alpha value is -6.37. The Morgan fingerprint density at radius 1 is 0.885 bits per heavy atom. The molecule has 2 aliphatic heterocycles. The van der Waals surface area contributed by atoms with E-state index >= 15 is 9.59 Å². The van der Waals surface area contributed by atoms with Crippen molar-refractivity contribution in [3.63, 3.8) is 0 Å². The molecule has 0 spiro atoms. The third kappa shape index (κ3) is 5.68. The van der Waals surface area contributed by atoms with E-state index in [2.05, 4.69) is 0 Å². The van der Waals surface area contributed by atoms with E-state index in [1.54, 1.807) is 103 Å². The van der Waals surface area contributed by atoms with Crippen molar-refractivity contribution in [1.82, 2.24) is 9.78 Å². The number of carbonyl (C=O) groups is 5. The van der Waals surface area contributed by atoms with E-state index in [1.807, 2.05) is 37.3 Å². The first-order chi connectivity index (χ1) is 29.3. The molecule has 1 N–H and O–H groups in total. The van der Waals surface area contributed by atoms with Crippen LogP contribution in [0.5, 0.6) is 11.5 Å². The maximum atomic E-state index is 15.2. The quantitative estimate of drug-likeness (QED) is 0.0957. The predicted molar refractivity (Wildman–Crippen MR) is 232 cm³/mol. The SMILES string of the molecule is COc1ccc(C2C3=CCC4C(=O)N(c5ccc(C(=O)c6ccccc6)cc5)C(=O)C4C3CC3C(=O)N(c4cc(-c5sc6ccc(Cl)cc6c5C)nn4C)C(=O)C32C)cc1O. The van der Waals surface area contributed by atoms with Gasteiger partial charge in [-0.3, -0.25) is 33.6 Å². The summed E-state index contributed by atoms with van der Waals surface area (Å²) < 4.78 is 7.95. The van der Waals surface area contributed by atoms with Crippen LogP contribution in [0.2, 0.25) is 5.02 Å². The van der Waals surface area contributed by atoms with Crippen LogP contribution in [0.1, 0.15) is 52.7 Å². The number of thiophene rings is 1. The number of phenolic OH excluding ortho intramolecular Hbond substituents is 1. The molecule has 13 heteroatoms. The first-order valence-electron chi connectivity index (χ1n) is 20.1. The number of rotatable bonds is 7. The third-order valence-electron chi connectivity index (χ3n) is 13.4. The smallest absolute Gasteiger partial charge is 0.242 e. The van der Waals surface area contributed by atoms with E-state index in [0.717, 1.165) is 26.1 Å². The number of hydrogen-bond donors (Lipinski definition) is 1. The standard InChI is InChI=1S/C48H39ClN4O7S/c1-24-32-21-28(49)13-19-38(32)61-43(24)35-23-39(51(3)50-35)53-45(57)34-22-33-30(41(48(34,2)47(53)59)27-12-18-37(60-4)36(54)20-27)16-17-31-40(33)46(58)52(44(31)56)29-14-10-26(11-15-29)42(55)25-8-6-5-7-9-25/h5-16,18-21,23,31,33-34,40-41,54H,17,22H2,1-4H3. The predicted octanol–water partition coefficient (Wildman–Crippen LogP) is 8.64. The van der Waals surface area contributed by atoms with E-state index < -0.39 is 52.7 Å². The number of carbonyl (C=O) groups excluding carboxylic acids is 5. The number of nitrogens with zero attached hydrogens (tertiary/aromatic N) is 4. The number of aromatic nitrogens is 2.